The quantitative estimate of drug-likeness (QED) is 0.843. The van der Waals surface area contributed by atoms with E-state index >= 15 is 0 Å². The van der Waals surface area contributed by atoms with Crippen molar-refractivity contribution in [1.82, 2.24) is 14.7 Å². The number of carbonyl (C=O) groups is 2. The summed E-state index contributed by atoms with van der Waals surface area (Å²) in [5.41, 5.74) is 2.15. The summed E-state index contributed by atoms with van der Waals surface area (Å²) in [6, 6.07) is 7.98. The van der Waals surface area contributed by atoms with E-state index in [9.17, 15) is 9.59 Å². The summed E-state index contributed by atoms with van der Waals surface area (Å²) < 4.78 is 5.31. The number of hydrogen-bond donors (Lipinski definition) is 1. The maximum atomic E-state index is 12.7. The van der Waals surface area contributed by atoms with Crippen LogP contribution in [0, 0.1) is 0 Å². The molecule has 1 aromatic rings. The predicted molar refractivity (Wildman–Crippen MR) is 114 cm³/mol. The first kappa shape index (κ1) is 21.6. The van der Waals surface area contributed by atoms with Gasteiger partial charge in [0, 0.05) is 45.0 Å². The normalized spacial score (nSPS) is 19.0. The molecule has 0 saturated carbocycles. The minimum absolute atomic E-state index is 0.0742. The van der Waals surface area contributed by atoms with Gasteiger partial charge >= 0.3 is 6.03 Å². The fraction of sp³-hybridized carbons (Fsp3) is 0.636. The number of amides is 3. The number of carbonyl (C=O) groups excluding carboxylic acids is 2. The van der Waals surface area contributed by atoms with Crippen molar-refractivity contribution < 1.29 is 14.3 Å². The molecule has 0 aliphatic carbocycles. The van der Waals surface area contributed by atoms with Gasteiger partial charge in [-0.15, -0.1) is 0 Å². The maximum Gasteiger partial charge on any atom is 0.321 e. The molecule has 0 unspecified atom stereocenters. The average molecular weight is 403 g/mol. The smallest absolute Gasteiger partial charge is 0.321 e. The highest BCUT2D eigenvalue weighted by atomic mass is 16.5. The zero-order chi connectivity index (χ0) is 20.9. The van der Waals surface area contributed by atoms with E-state index in [4.69, 9.17) is 4.74 Å². The molecule has 3 rings (SSSR count). The third-order valence-electron chi connectivity index (χ3n) is 5.60. The van der Waals surface area contributed by atoms with Crippen LogP contribution < -0.4 is 5.32 Å². The van der Waals surface area contributed by atoms with Crippen molar-refractivity contribution in [2.24, 2.45) is 0 Å². The van der Waals surface area contributed by atoms with Crippen LogP contribution in [0.4, 0.5) is 10.5 Å². The van der Waals surface area contributed by atoms with Crippen LogP contribution in [0.25, 0.3) is 0 Å². The first-order valence-electron chi connectivity index (χ1n) is 10.6. The second-order valence-electron chi connectivity index (χ2n) is 8.87. The molecule has 0 aromatic heterocycles. The van der Waals surface area contributed by atoms with E-state index in [2.05, 4.69) is 43.1 Å². The van der Waals surface area contributed by atoms with Crippen LogP contribution in [0.1, 0.15) is 32.8 Å². The Balaban J connectivity index is 1.48. The van der Waals surface area contributed by atoms with Crippen LogP contribution in [-0.2, 0) is 14.9 Å². The van der Waals surface area contributed by atoms with E-state index < -0.39 is 0 Å². The van der Waals surface area contributed by atoms with Crippen molar-refractivity contribution in [1.29, 1.82) is 0 Å². The molecule has 0 bridgehead atoms. The van der Waals surface area contributed by atoms with E-state index in [-0.39, 0.29) is 17.4 Å². The molecule has 29 heavy (non-hydrogen) atoms. The molecule has 1 N–H and O–H groups in total. The van der Waals surface area contributed by atoms with Crippen LogP contribution in [0.3, 0.4) is 0 Å². The van der Waals surface area contributed by atoms with Crippen molar-refractivity contribution in [3.8, 4) is 0 Å². The molecule has 2 aliphatic heterocycles. The van der Waals surface area contributed by atoms with E-state index in [0.29, 0.717) is 52.5 Å². The molecule has 2 saturated heterocycles. The number of nitrogens with zero attached hydrogens (tertiary/aromatic N) is 3. The van der Waals surface area contributed by atoms with Crippen molar-refractivity contribution in [3.63, 3.8) is 0 Å². The lowest BCUT2D eigenvalue weighted by Crippen LogP contribution is -2.46. The molecule has 0 spiro atoms. The molecule has 0 radical (unpaired) electrons. The molecule has 160 valence electrons. The Hall–Kier alpha value is -2.12. The van der Waals surface area contributed by atoms with Crippen molar-refractivity contribution in [3.05, 3.63) is 29.8 Å². The SMILES string of the molecule is CC(C)(C)c1ccc(NC(=O)N2CCCN(CC(=O)N3CCOCC3)CC2)cc1. The molecule has 2 aliphatic rings. The van der Waals surface area contributed by atoms with Gasteiger partial charge in [0.2, 0.25) is 5.91 Å². The van der Waals surface area contributed by atoms with Crippen LogP contribution in [0.2, 0.25) is 0 Å². The highest BCUT2D eigenvalue weighted by Gasteiger charge is 2.23. The van der Waals surface area contributed by atoms with Crippen LogP contribution in [0.15, 0.2) is 24.3 Å². The number of rotatable bonds is 3. The molecule has 2 fully saturated rings. The lowest BCUT2D eigenvalue weighted by Gasteiger charge is -2.29. The second kappa shape index (κ2) is 9.59. The summed E-state index contributed by atoms with van der Waals surface area (Å²) in [5, 5.41) is 3.00. The number of anilines is 1. The zero-order valence-electron chi connectivity index (χ0n) is 17.9. The Bertz CT molecular complexity index is 693. The number of morpholine rings is 1. The van der Waals surface area contributed by atoms with Gasteiger partial charge in [-0.05, 0) is 29.5 Å². The van der Waals surface area contributed by atoms with Crippen molar-refractivity contribution in [2.45, 2.75) is 32.6 Å². The summed E-state index contributed by atoms with van der Waals surface area (Å²) in [4.78, 5) is 31.0. The summed E-state index contributed by atoms with van der Waals surface area (Å²) in [7, 11) is 0. The Morgan fingerprint density at radius 1 is 0.931 bits per heavy atom. The molecule has 7 nitrogen and oxygen atoms in total. The zero-order valence-corrected chi connectivity index (χ0v) is 17.9. The highest BCUT2D eigenvalue weighted by molar-refractivity contribution is 5.89. The minimum atomic E-state index is -0.0742. The Morgan fingerprint density at radius 2 is 1.62 bits per heavy atom. The Kier molecular flexibility index (Phi) is 7.14. The molecular weight excluding hydrogens is 368 g/mol. The number of nitrogens with one attached hydrogen (secondary N) is 1. The first-order chi connectivity index (χ1) is 13.8. The Labute approximate surface area is 174 Å². The predicted octanol–water partition coefficient (Wildman–Crippen LogP) is 2.38. The molecule has 2 heterocycles. The number of hydrogen-bond acceptors (Lipinski definition) is 4. The first-order valence-corrected chi connectivity index (χ1v) is 10.6. The van der Waals surface area contributed by atoms with Gasteiger partial charge in [-0.25, -0.2) is 4.79 Å². The van der Waals surface area contributed by atoms with Gasteiger partial charge in [0.05, 0.1) is 19.8 Å². The molecule has 0 atom stereocenters. The van der Waals surface area contributed by atoms with Crippen molar-refractivity contribution >= 4 is 17.6 Å². The van der Waals surface area contributed by atoms with Gasteiger partial charge in [0.25, 0.3) is 0 Å². The van der Waals surface area contributed by atoms with Crippen LogP contribution in [0.5, 0.6) is 0 Å². The minimum Gasteiger partial charge on any atom is -0.378 e. The van der Waals surface area contributed by atoms with E-state index in [1.165, 1.54) is 5.56 Å². The molecule has 7 heteroatoms. The fourth-order valence-corrected chi connectivity index (χ4v) is 3.69. The van der Waals surface area contributed by atoms with Crippen molar-refractivity contribution in [2.75, 3.05) is 64.3 Å². The van der Waals surface area contributed by atoms with Crippen LogP contribution >= 0.6 is 0 Å². The van der Waals surface area contributed by atoms with E-state index in [1.807, 2.05) is 21.9 Å². The molecular formula is C22H34N4O3. The Morgan fingerprint density at radius 3 is 2.28 bits per heavy atom. The lowest BCUT2D eigenvalue weighted by molar-refractivity contribution is -0.136. The van der Waals surface area contributed by atoms with E-state index in [1.54, 1.807) is 0 Å². The average Bonchev–Trinajstić information content (AvgIpc) is 2.94. The van der Waals surface area contributed by atoms with Gasteiger partial charge in [-0.2, -0.15) is 0 Å². The summed E-state index contributed by atoms with van der Waals surface area (Å²) >= 11 is 0. The lowest BCUT2D eigenvalue weighted by atomic mass is 9.87. The van der Waals surface area contributed by atoms with E-state index in [0.717, 1.165) is 18.7 Å². The van der Waals surface area contributed by atoms with Crippen LogP contribution in [-0.4, -0.2) is 85.7 Å². The molecule has 3 amide bonds. The second-order valence-corrected chi connectivity index (χ2v) is 8.87. The highest BCUT2D eigenvalue weighted by Crippen LogP contribution is 2.23. The van der Waals surface area contributed by atoms with Gasteiger partial charge in [-0.3, -0.25) is 9.69 Å². The maximum absolute atomic E-state index is 12.7. The number of ether oxygens (including phenoxy) is 1. The fourth-order valence-electron chi connectivity index (χ4n) is 3.69. The summed E-state index contributed by atoms with van der Waals surface area (Å²) in [5.74, 6) is 0.158. The largest absolute Gasteiger partial charge is 0.378 e. The third-order valence-corrected chi connectivity index (χ3v) is 5.60. The number of benzene rings is 1. The third kappa shape index (κ3) is 6.18. The van der Waals surface area contributed by atoms with Gasteiger partial charge < -0.3 is 19.9 Å². The summed E-state index contributed by atoms with van der Waals surface area (Å²) in [6.07, 6.45) is 0.868. The monoisotopic (exact) mass is 402 g/mol. The number of urea groups is 1. The summed E-state index contributed by atoms with van der Waals surface area (Å²) in [6.45, 7) is 12.4. The molecule has 1 aromatic carbocycles. The van der Waals surface area contributed by atoms with Gasteiger partial charge in [0.1, 0.15) is 0 Å². The van der Waals surface area contributed by atoms with Gasteiger partial charge in [-0.1, -0.05) is 32.9 Å². The topological polar surface area (TPSA) is 65.1 Å². The standard InChI is InChI=1S/C22H34N4O3/c1-22(2,3)18-5-7-19(8-6-18)23-21(28)26-10-4-9-24(11-12-26)17-20(27)25-13-15-29-16-14-25/h5-8H,4,9-17H2,1-3H3,(H,23,28). The van der Waals surface area contributed by atoms with Gasteiger partial charge in [0.15, 0.2) is 0 Å².